The maximum absolute atomic E-state index is 9.62. The second-order valence-corrected chi connectivity index (χ2v) is 6.93. The van der Waals surface area contributed by atoms with Crippen molar-refractivity contribution in [3.05, 3.63) is 65.9 Å². The van der Waals surface area contributed by atoms with Gasteiger partial charge in [0.2, 0.25) is 0 Å². The molecular weight excluding hydrogens is 367 g/mol. The third-order valence-electron chi connectivity index (χ3n) is 5.08. The number of nitrogens with zero attached hydrogens (tertiary/aromatic N) is 4. The molecule has 4 aromatic rings. The summed E-state index contributed by atoms with van der Waals surface area (Å²) >= 11 is 0. The van der Waals surface area contributed by atoms with Crippen molar-refractivity contribution in [3.8, 4) is 5.95 Å². The predicted molar refractivity (Wildman–Crippen MR) is 112 cm³/mol. The molecule has 2 aromatic carbocycles. The van der Waals surface area contributed by atoms with E-state index in [2.05, 4.69) is 32.8 Å². The number of fused-ring (bicyclic) bond motifs is 2. The van der Waals surface area contributed by atoms with Crippen molar-refractivity contribution < 1.29 is 10.0 Å². The second kappa shape index (κ2) is 7.19. The molecule has 1 aliphatic rings. The lowest BCUT2D eigenvalue weighted by molar-refractivity contribution is 0.426. The summed E-state index contributed by atoms with van der Waals surface area (Å²) in [5.41, 5.74) is 3.34. The van der Waals surface area contributed by atoms with Gasteiger partial charge in [0.05, 0.1) is 11.7 Å². The van der Waals surface area contributed by atoms with Gasteiger partial charge in [0.25, 0.3) is 5.95 Å². The van der Waals surface area contributed by atoms with E-state index < -0.39 is 7.12 Å². The quantitative estimate of drug-likeness (QED) is 0.380. The van der Waals surface area contributed by atoms with Crippen LogP contribution in [0.25, 0.3) is 16.9 Å². The highest BCUT2D eigenvalue weighted by Gasteiger charge is 2.22. The highest BCUT2D eigenvalue weighted by atomic mass is 16.4. The number of hydrogen-bond acceptors (Lipinski definition) is 7. The molecule has 29 heavy (non-hydrogen) atoms. The van der Waals surface area contributed by atoms with Crippen molar-refractivity contribution in [2.45, 2.75) is 13.0 Å². The Bertz CT molecular complexity index is 1180. The molecule has 3 heterocycles. The molecule has 8 nitrogen and oxygen atoms in total. The summed E-state index contributed by atoms with van der Waals surface area (Å²) in [5.74, 6) is 2.00. The molecule has 144 valence electrons. The Kier molecular flexibility index (Phi) is 4.38. The van der Waals surface area contributed by atoms with Gasteiger partial charge in [0.1, 0.15) is 11.6 Å². The fourth-order valence-corrected chi connectivity index (χ4v) is 3.64. The number of aromatic nitrogens is 4. The van der Waals surface area contributed by atoms with Gasteiger partial charge in [-0.3, -0.25) is 0 Å². The van der Waals surface area contributed by atoms with Crippen LogP contribution >= 0.6 is 0 Å². The standard InChI is InChI=1S/C20H19BN6O2/c28-21(29)16-7-4-8-17-15(16)12-24-27(17)20-25-18-14(9-10-22-18)19(26-20)23-11-13-5-2-1-3-6-13/h1-8,12,28-29H,9-11H2,(H2,22,23,25,26). The minimum Gasteiger partial charge on any atom is -0.423 e. The van der Waals surface area contributed by atoms with Crippen molar-refractivity contribution in [2.24, 2.45) is 0 Å². The van der Waals surface area contributed by atoms with Gasteiger partial charge < -0.3 is 20.7 Å². The summed E-state index contributed by atoms with van der Waals surface area (Å²) in [6, 6.07) is 15.4. The van der Waals surface area contributed by atoms with Crippen molar-refractivity contribution in [1.82, 2.24) is 19.7 Å². The molecule has 0 fully saturated rings. The maximum atomic E-state index is 9.62. The van der Waals surface area contributed by atoms with Gasteiger partial charge in [0.15, 0.2) is 0 Å². The van der Waals surface area contributed by atoms with Crippen molar-refractivity contribution in [3.63, 3.8) is 0 Å². The zero-order valence-electron chi connectivity index (χ0n) is 15.6. The third-order valence-corrected chi connectivity index (χ3v) is 5.08. The fourth-order valence-electron chi connectivity index (χ4n) is 3.64. The largest absolute Gasteiger partial charge is 0.489 e. The summed E-state index contributed by atoms with van der Waals surface area (Å²) in [5, 5.41) is 31.0. The average Bonchev–Trinajstić information content (AvgIpc) is 3.39. The minimum atomic E-state index is -1.57. The number of anilines is 2. The van der Waals surface area contributed by atoms with Gasteiger partial charge in [0, 0.05) is 24.0 Å². The first-order chi connectivity index (χ1) is 14.2. The summed E-state index contributed by atoms with van der Waals surface area (Å²) in [7, 11) is -1.57. The summed E-state index contributed by atoms with van der Waals surface area (Å²) in [4.78, 5) is 9.39. The van der Waals surface area contributed by atoms with E-state index in [4.69, 9.17) is 4.98 Å². The van der Waals surface area contributed by atoms with E-state index in [1.54, 1.807) is 23.0 Å². The van der Waals surface area contributed by atoms with E-state index in [9.17, 15) is 10.0 Å². The Labute approximate surface area is 167 Å². The number of nitrogens with one attached hydrogen (secondary N) is 2. The molecule has 4 N–H and O–H groups in total. The first-order valence-electron chi connectivity index (χ1n) is 9.46. The molecule has 0 unspecified atom stereocenters. The van der Waals surface area contributed by atoms with Crippen LogP contribution in [0.15, 0.2) is 54.7 Å². The second-order valence-electron chi connectivity index (χ2n) is 6.93. The highest BCUT2D eigenvalue weighted by Crippen LogP contribution is 2.28. The van der Waals surface area contributed by atoms with Crippen LogP contribution in [0.1, 0.15) is 11.1 Å². The van der Waals surface area contributed by atoms with Crippen LogP contribution in [-0.4, -0.2) is 43.5 Å². The van der Waals surface area contributed by atoms with Gasteiger partial charge in [-0.05, 0) is 23.5 Å². The van der Waals surface area contributed by atoms with Crippen LogP contribution in [0.3, 0.4) is 0 Å². The molecule has 0 radical (unpaired) electrons. The summed E-state index contributed by atoms with van der Waals surface area (Å²) < 4.78 is 1.62. The van der Waals surface area contributed by atoms with E-state index in [-0.39, 0.29) is 0 Å². The molecule has 5 rings (SSSR count). The first kappa shape index (κ1) is 17.7. The van der Waals surface area contributed by atoms with Crippen LogP contribution in [0.4, 0.5) is 11.6 Å². The van der Waals surface area contributed by atoms with Crippen molar-refractivity contribution in [2.75, 3.05) is 17.2 Å². The Morgan fingerprint density at radius 1 is 1.07 bits per heavy atom. The predicted octanol–water partition coefficient (Wildman–Crippen LogP) is 1.08. The lowest BCUT2D eigenvalue weighted by Gasteiger charge is -2.12. The highest BCUT2D eigenvalue weighted by molar-refractivity contribution is 6.61. The minimum absolute atomic E-state index is 0.399. The molecule has 2 aromatic heterocycles. The lowest BCUT2D eigenvalue weighted by Crippen LogP contribution is -2.30. The normalized spacial score (nSPS) is 12.6. The van der Waals surface area contributed by atoms with Gasteiger partial charge in [-0.15, -0.1) is 0 Å². The average molecular weight is 386 g/mol. The third kappa shape index (κ3) is 3.20. The summed E-state index contributed by atoms with van der Waals surface area (Å²) in [6.45, 7) is 1.47. The molecular formula is C20H19BN6O2. The van der Waals surface area contributed by atoms with Crippen LogP contribution in [0.5, 0.6) is 0 Å². The van der Waals surface area contributed by atoms with Gasteiger partial charge in [-0.2, -0.15) is 19.7 Å². The van der Waals surface area contributed by atoms with Crippen LogP contribution in [0.2, 0.25) is 0 Å². The number of hydrogen-bond donors (Lipinski definition) is 4. The molecule has 0 atom stereocenters. The van der Waals surface area contributed by atoms with Crippen LogP contribution < -0.4 is 16.1 Å². The fraction of sp³-hybridized carbons (Fsp3) is 0.150. The van der Waals surface area contributed by atoms with Gasteiger partial charge in [-0.1, -0.05) is 42.5 Å². The molecule has 0 aliphatic carbocycles. The number of benzene rings is 2. The SMILES string of the molecule is OB(O)c1cccc2c1cnn2-c1nc2c(c(NCc3ccccc3)n1)CCN2. The van der Waals surface area contributed by atoms with E-state index >= 15 is 0 Å². The van der Waals surface area contributed by atoms with E-state index in [0.29, 0.717) is 28.9 Å². The molecule has 1 aliphatic heterocycles. The molecule has 0 saturated heterocycles. The topological polar surface area (TPSA) is 108 Å². The maximum Gasteiger partial charge on any atom is 0.489 e. The first-order valence-corrected chi connectivity index (χ1v) is 9.46. The lowest BCUT2D eigenvalue weighted by atomic mass is 9.78. The van der Waals surface area contributed by atoms with Crippen LogP contribution in [0, 0.1) is 0 Å². The van der Waals surface area contributed by atoms with Crippen LogP contribution in [-0.2, 0) is 13.0 Å². The zero-order valence-corrected chi connectivity index (χ0v) is 15.6. The zero-order chi connectivity index (χ0) is 19.8. The molecule has 9 heteroatoms. The molecule has 0 spiro atoms. The van der Waals surface area contributed by atoms with E-state index in [0.717, 1.165) is 30.2 Å². The van der Waals surface area contributed by atoms with E-state index in [1.807, 2.05) is 24.3 Å². The summed E-state index contributed by atoms with van der Waals surface area (Å²) in [6.07, 6.45) is 2.46. The Balaban J connectivity index is 1.56. The van der Waals surface area contributed by atoms with Gasteiger partial charge in [-0.25, -0.2) is 0 Å². The van der Waals surface area contributed by atoms with Crippen molar-refractivity contribution in [1.29, 1.82) is 0 Å². The Morgan fingerprint density at radius 3 is 2.76 bits per heavy atom. The molecule has 0 amide bonds. The smallest absolute Gasteiger partial charge is 0.423 e. The number of rotatable bonds is 5. The Hall–Kier alpha value is -3.43. The molecule has 0 saturated carbocycles. The van der Waals surface area contributed by atoms with Crippen molar-refractivity contribution >= 4 is 35.1 Å². The molecule has 0 bridgehead atoms. The monoisotopic (exact) mass is 386 g/mol. The Morgan fingerprint density at radius 2 is 1.93 bits per heavy atom. The van der Waals surface area contributed by atoms with E-state index in [1.165, 1.54) is 5.56 Å². The van der Waals surface area contributed by atoms with Gasteiger partial charge >= 0.3 is 7.12 Å².